The highest BCUT2D eigenvalue weighted by Gasteiger charge is 2.13. The molecule has 2 aromatic heterocycles. The van der Waals surface area contributed by atoms with Crippen LogP contribution in [0.4, 0.5) is 4.39 Å². The van der Waals surface area contributed by atoms with E-state index >= 15 is 0 Å². The maximum absolute atomic E-state index is 14.6. The summed E-state index contributed by atoms with van der Waals surface area (Å²) in [5.74, 6) is 1.28. The number of benzene rings is 2. The number of nitrogens with zero attached hydrogens (tertiary/aromatic N) is 4. The molecule has 0 unspecified atom stereocenters. The van der Waals surface area contributed by atoms with Gasteiger partial charge in [-0.1, -0.05) is 6.07 Å². The van der Waals surface area contributed by atoms with Gasteiger partial charge in [0.05, 0.1) is 12.8 Å². The van der Waals surface area contributed by atoms with Crippen molar-refractivity contribution in [2.75, 3.05) is 7.11 Å². The van der Waals surface area contributed by atoms with Gasteiger partial charge in [-0.15, -0.1) is 0 Å². The van der Waals surface area contributed by atoms with Crippen molar-refractivity contribution in [3.8, 4) is 22.8 Å². The van der Waals surface area contributed by atoms with Gasteiger partial charge >= 0.3 is 0 Å². The number of nitrogens with one attached hydrogen (secondary N) is 2. The van der Waals surface area contributed by atoms with Crippen molar-refractivity contribution in [1.82, 2.24) is 29.6 Å². The predicted octanol–water partition coefficient (Wildman–Crippen LogP) is 3.57. The standard InChI is InChI=1S/C22H21FN6O2S/c1-14-24-9-10-28(14)19-8-3-15(11-18(19)23)12-25-20(30)13-29-21(26-27-22(29)32)16-4-6-17(31-2)7-5-16/h3-11H,12-13H2,1-2H3,(H,25,30)(H,27,32). The third-order valence-corrected chi connectivity index (χ3v) is 5.31. The number of rotatable bonds is 7. The highest BCUT2D eigenvalue weighted by atomic mass is 32.1. The lowest BCUT2D eigenvalue weighted by Gasteiger charge is -2.11. The zero-order valence-electron chi connectivity index (χ0n) is 17.5. The van der Waals surface area contributed by atoms with Crippen molar-refractivity contribution >= 4 is 18.1 Å². The molecule has 0 fully saturated rings. The molecular weight excluding hydrogens is 431 g/mol. The Labute approximate surface area is 188 Å². The van der Waals surface area contributed by atoms with E-state index in [1.165, 1.54) is 6.07 Å². The Hall–Kier alpha value is -3.79. The smallest absolute Gasteiger partial charge is 0.240 e. The fraction of sp³-hybridized carbons (Fsp3) is 0.182. The van der Waals surface area contributed by atoms with Crippen molar-refractivity contribution in [3.63, 3.8) is 0 Å². The molecule has 2 heterocycles. The third-order valence-electron chi connectivity index (χ3n) is 5.00. The Morgan fingerprint density at radius 1 is 1.25 bits per heavy atom. The largest absolute Gasteiger partial charge is 0.497 e. The van der Waals surface area contributed by atoms with Crippen molar-refractivity contribution in [2.45, 2.75) is 20.0 Å². The van der Waals surface area contributed by atoms with Crippen LogP contribution in [0.5, 0.6) is 5.75 Å². The molecule has 4 aromatic rings. The van der Waals surface area contributed by atoms with Gasteiger partial charge in [0, 0.05) is 24.5 Å². The molecule has 0 atom stereocenters. The van der Waals surface area contributed by atoms with Crippen LogP contribution >= 0.6 is 12.2 Å². The Balaban J connectivity index is 1.44. The number of hydrogen-bond acceptors (Lipinski definition) is 5. The van der Waals surface area contributed by atoms with Crippen LogP contribution in [0.3, 0.4) is 0 Å². The molecule has 32 heavy (non-hydrogen) atoms. The van der Waals surface area contributed by atoms with E-state index in [0.29, 0.717) is 33.4 Å². The summed E-state index contributed by atoms with van der Waals surface area (Å²) < 4.78 is 23.3. The Morgan fingerprint density at radius 2 is 2.03 bits per heavy atom. The summed E-state index contributed by atoms with van der Waals surface area (Å²) in [6, 6.07) is 12.1. The van der Waals surface area contributed by atoms with Crippen LogP contribution in [0, 0.1) is 17.5 Å². The minimum atomic E-state index is -0.392. The first-order valence-electron chi connectivity index (χ1n) is 9.81. The number of H-pyrrole nitrogens is 1. The van der Waals surface area contributed by atoms with Gasteiger partial charge in [0.1, 0.15) is 23.9 Å². The molecule has 0 aliphatic heterocycles. The molecular formula is C22H21FN6O2S. The quantitative estimate of drug-likeness (QED) is 0.419. The van der Waals surface area contributed by atoms with Crippen molar-refractivity contribution < 1.29 is 13.9 Å². The Kier molecular flexibility index (Phi) is 6.13. The fourth-order valence-corrected chi connectivity index (χ4v) is 3.51. The van der Waals surface area contributed by atoms with Crippen LogP contribution in [0.15, 0.2) is 54.9 Å². The maximum Gasteiger partial charge on any atom is 0.240 e. The van der Waals surface area contributed by atoms with Crippen LogP contribution < -0.4 is 10.1 Å². The highest BCUT2D eigenvalue weighted by molar-refractivity contribution is 7.71. The van der Waals surface area contributed by atoms with Crippen LogP contribution in [0.1, 0.15) is 11.4 Å². The van der Waals surface area contributed by atoms with Crippen LogP contribution in [-0.2, 0) is 17.9 Å². The minimum absolute atomic E-state index is 0.0223. The van der Waals surface area contributed by atoms with Gasteiger partial charge in [-0.05, 0) is 61.1 Å². The molecule has 1 amide bonds. The molecule has 2 aromatic carbocycles. The highest BCUT2D eigenvalue weighted by Crippen LogP contribution is 2.21. The molecule has 0 aliphatic carbocycles. The lowest BCUT2D eigenvalue weighted by Crippen LogP contribution is -2.27. The molecule has 164 valence electrons. The van der Waals surface area contributed by atoms with E-state index in [2.05, 4.69) is 20.5 Å². The number of methoxy groups -OCH3 is 1. The van der Waals surface area contributed by atoms with E-state index in [0.717, 1.165) is 5.56 Å². The topological polar surface area (TPSA) is 89.8 Å². The van der Waals surface area contributed by atoms with E-state index < -0.39 is 5.82 Å². The summed E-state index contributed by atoms with van der Waals surface area (Å²) in [5, 5.41) is 9.76. The van der Waals surface area contributed by atoms with Gasteiger partial charge in [0.15, 0.2) is 10.6 Å². The van der Waals surface area contributed by atoms with Crippen LogP contribution in [0.2, 0.25) is 0 Å². The number of carbonyl (C=O) groups excluding carboxylic acids is 1. The average Bonchev–Trinajstić information content (AvgIpc) is 3.38. The number of aryl methyl sites for hydroxylation is 1. The van der Waals surface area contributed by atoms with Crippen LogP contribution in [-0.4, -0.2) is 37.3 Å². The predicted molar refractivity (Wildman–Crippen MR) is 120 cm³/mol. The van der Waals surface area contributed by atoms with Crippen molar-refractivity contribution in [1.29, 1.82) is 0 Å². The number of aromatic nitrogens is 5. The lowest BCUT2D eigenvalue weighted by molar-refractivity contribution is -0.121. The van der Waals surface area contributed by atoms with Gasteiger partial charge in [-0.2, -0.15) is 5.10 Å². The Morgan fingerprint density at radius 3 is 2.69 bits per heavy atom. The fourth-order valence-electron chi connectivity index (χ4n) is 3.31. The molecule has 8 nitrogen and oxygen atoms in total. The molecule has 4 rings (SSSR count). The average molecular weight is 453 g/mol. The number of amides is 1. The third kappa shape index (κ3) is 4.45. The van der Waals surface area contributed by atoms with Gasteiger partial charge < -0.3 is 14.6 Å². The van der Waals surface area contributed by atoms with E-state index in [1.54, 1.807) is 59.8 Å². The molecule has 0 saturated carbocycles. The van der Waals surface area contributed by atoms with Gasteiger partial charge in [-0.3, -0.25) is 14.5 Å². The number of carbonyl (C=O) groups is 1. The number of aromatic amines is 1. The minimum Gasteiger partial charge on any atom is -0.497 e. The summed E-state index contributed by atoms with van der Waals surface area (Å²) >= 11 is 5.28. The second kappa shape index (κ2) is 9.15. The van der Waals surface area contributed by atoms with Crippen molar-refractivity contribution in [3.05, 3.63) is 76.8 Å². The van der Waals surface area contributed by atoms with E-state index in [9.17, 15) is 9.18 Å². The van der Waals surface area contributed by atoms with E-state index in [4.69, 9.17) is 17.0 Å². The first kappa shape index (κ1) is 21.4. The lowest BCUT2D eigenvalue weighted by atomic mass is 10.2. The summed E-state index contributed by atoms with van der Waals surface area (Å²) in [5.41, 5.74) is 1.84. The summed E-state index contributed by atoms with van der Waals surface area (Å²) in [6.07, 6.45) is 3.31. The number of ether oxygens (including phenoxy) is 1. The molecule has 10 heteroatoms. The van der Waals surface area contributed by atoms with Gasteiger partial charge in [0.2, 0.25) is 5.91 Å². The van der Waals surface area contributed by atoms with Gasteiger partial charge in [-0.25, -0.2) is 9.37 Å². The monoisotopic (exact) mass is 452 g/mol. The SMILES string of the molecule is COc1ccc(-c2n[nH]c(=S)n2CC(=O)NCc2ccc(-n3ccnc3C)c(F)c2)cc1. The molecule has 0 saturated heterocycles. The second-order valence-corrected chi connectivity index (χ2v) is 7.46. The normalized spacial score (nSPS) is 10.8. The van der Waals surface area contributed by atoms with Crippen molar-refractivity contribution in [2.24, 2.45) is 0 Å². The zero-order valence-corrected chi connectivity index (χ0v) is 18.3. The molecule has 0 bridgehead atoms. The first-order chi connectivity index (χ1) is 15.5. The summed E-state index contributed by atoms with van der Waals surface area (Å²) in [7, 11) is 1.59. The summed E-state index contributed by atoms with van der Waals surface area (Å²) in [6.45, 7) is 1.96. The van der Waals surface area contributed by atoms with E-state index in [1.807, 2.05) is 12.1 Å². The number of halogens is 1. The first-order valence-corrected chi connectivity index (χ1v) is 10.2. The molecule has 0 aliphatic rings. The Bertz CT molecular complexity index is 1310. The summed E-state index contributed by atoms with van der Waals surface area (Å²) in [4.78, 5) is 16.7. The second-order valence-electron chi connectivity index (χ2n) is 7.07. The zero-order chi connectivity index (χ0) is 22.7. The molecule has 0 radical (unpaired) electrons. The number of hydrogen-bond donors (Lipinski definition) is 2. The van der Waals surface area contributed by atoms with Crippen LogP contribution in [0.25, 0.3) is 17.1 Å². The maximum atomic E-state index is 14.6. The number of imidazole rings is 1. The molecule has 2 N–H and O–H groups in total. The molecule has 0 spiro atoms. The van der Waals surface area contributed by atoms with E-state index in [-0.39, 0.29) is 19.0 Å². The van der Waals surface area contributed by atoms with Gasteiger partial charge in [0.25, 0.3) is 0 Å².